The Hall–Kier alpha value is -3.71. The van der Waals surface area contributed by atoms with Crippen molar-refractivity contribution in [3.63, 3.8) is 0 Å². The standard InChI is InChI=1S/C23H18ClN3O2.CH2O2/c24-17-7-3-5-15(13-17)21(28)27-12-10-23(20(27)16-6-4-11-25-14-16)18-8-1-2-9-19(18)26-22(23)29;2-1-3/h1-9,11,13-14,20H,10,12H2,(H,26,29);1H,(H,2,3). The molecule has 0 aliphatic carbocycles. The van der Waals surface area contributed by atoms with Gasteiger partial charge in [0.05, 0.1) is 6.04 Å². The van der Waals surface area contributed by atoms with Crippen LogP contribution >= 0.6 is 11.6 Å². The summed E-state index contributed by atoms with van der Waals surface area (Å²) in [4.78, 5) is 41.2. The number of carbonyl (C=O) groups excluding carboxylic acids is 2. The first kappa shape index (κ1) is 21.5. The Labute approximate surface area is 189 Å². The molecule has 1 aromatic heterocycles. The summed E-state index contributed by atoms with van der Waals surface area (Å²) in [6.45, 7) is 0.215. The summed E-state index contributed by atoms with van der Waals surface area (Å²) in [6, 6.07) is 17.9. The van der Waals surface area contributed by atoms with Gasteiger partial charge in [0.15, 0.2) is 0 Å². The number of benzene rings is 2. The fourth-order valence-corrected chi connectivity index (χ4v) is 4.88. The zero-order chi connectivity index (χ0) is 22.7. The lowest BCUT2D eigenvalue weighted by molar-refractivity contribution is -0.123. The predicted octanol–water partition coefficient (Wildman–Crippen LogP) is 3.91. The molecule has 2 amide bonds. The largest absolute Gasteiger partial charge is 0.483 e. The van der Waals surface area contributed by atoms with Gasteiger partial charge in [-0.05, 0) is 47.9 Å². The second-order valence-electron chi connectivity index (χ2n) is 7.52. The van der Waals surface area contributed by atoms with Crippen LogP contribution < -0.4 is 5.32 Å². The van der Waals surface area contributed by atoms with Crippen LogP contribution in [0.4, 0.5) is 5.69 Å². The highest BCUT2D eigenvalue weighted by atomic mass is 35.5. The van der Waals surface area contributed by atoms with Crippen molar-refractivity contribution in [1.82, 2.24) is 9.88 Å². The first-order chi connectivity index (χ1) is 15.5. The van der Waals surface area contributed by atoms with Crippen molar-refractivity contribution in [2.75, 3.05) is 11.9 Å². The van der Waals surface area contributed by atoms with E-state index in [1.54, 1.807) is 41.6 Å². The third-order valence-electron chi connectivity index (χ3n) is 5.92. The molecule has 2 N–H and O–H groups in total. The molecule has 32 heavy (non-hydrogen) atoms. The average molecular weight is 450 g/mol. The number of pyridine rings is 1. The number of nitrogens with zero attached hydrogens (tertiary/aromatic N) is 2. The molecule has 2 aliphatic heterocycles. The smallest absolute Gasteiger partial charge is 0.290 e. The van der Waals surface area contributed by atoms with Gasteiger partial charge >= 0.3 is 0 Å². The van der Waals surface area contributed by atoms with Crippen molar-refractivity contribution in [2.45, 2.75) is 17.9 Å². The van der Waals surface area contributed by atoms with Gasteiger partial charge in [0.2, 0.25) is 5.91 Å². The molecule has 1 saturated heterocycles. The van der Waals surface area contributed by atoms with E-state index >= 15 is 0 Å². The molecule has 162 valence electrons. The summed E-state index contributed by atoms with van der Waals surface area (Å²) < 4.78 is 0. The van der Waals surface area contributed by atoms with Crippen molar-refractivity contribution < 1.29 is 19.5 Å². The predicted molar refractivity (Wildman–Crippen MR) is 120 cm³/mol. The molecule has 2 unspecified atom stereocenters. The number of carboxylic acid groups (broad SMARTS) is 1. The van der Waals surface area contributed by atoms with Crippen molar-refractivity contribution >= 4 is 35.6 Å². The summed E-state index contributed by atoms with van der Waals surface area (Å²) in [7, 11) is 0. The van der Waals surface area contributed by atoms with Crippen LogP contribution in [0, 0.1) is 0 Å². The van der Waals surface area contributed by atoms with E-state index in [0.29, 0.717) is 23.6 Å². The Morgan fingerprint density at radius 2 is 1.97 bits per heavy atom. The van der Waals surface area contributed by atoms with E-state index in [4.69, 9.17) is 21.5 Å². The van der Waals surface area contributed by atoms with Crippen molar-refractivity contribution in [3.05, 3.63) is 94.8 Å². The molecular weight excluding hydrogens is 430 g/mol. The normalized spacial score (nSPS) is 20.8. The van der Waals surface area contributed by atoms with Crippen LogP contribution in [0.3, 0.4) is 0 Å². The van der Waals surface area contributed by atoms with Gasteiger partial charge in [-0.25, -0.2) is 0 Å². The summed E-state index contributed by atoms with van der Waals surface area (Å²) >= 11 is 6.11. The number of hydrogen-bond donors (Lipinski definition) is 2. The number of para-hydroxylation sites is 1. The maximum absolute atomic E-state index is 13.5. The SMILES string of the molecule is O=C(c1cccc(Cl)c1)N1CCC2(C(=O)Nc3ccccc32)C1c1cccnc1.O=CO. The lowest BCUT2D eigenvalue weighted by atomic mass is 9.73. The lowest BCUT2D eigenvalue weighted by Gasteiger charge is -2.34. The molecule has 3 aromatic rings. The number of likely N-dealkylation sites (tertiary alicyclic amines) is 1. The molecule has 3 heterocycles. The van der Waals surface area contributed by atoms with Crippen molar-refractivity contribution in [3.8, 4) is 0 Å². The Kier molecular flexibility index (Phi) is 5.92. The number of anilines is 1. The maximum atomic E-state index is 13.5. The monoisotopic (exact) mass is 449 g/mol. The molecule has 8 heteroatoms. The topological polar surface area (TPSA) is 99.6 Å². The molecule has 5 rings (SSSR count). The number of nitrogens with one attached hydrogen (secondary N) is 1. The number of fused-ring (bicyclic) bond motifs is 2. The Morgan fingerprint density at radius 1 is 1.19 bits per heavy atom. The maximum Gasteiger partial charge on any atom is 0.290 e. The first-order valence-electron chi connectivity index (χ1n) is 9.98. The van der Waals surface area contributed by atoms with E-state index in [2.05, 4.69) is 10.3 Å². The lowest BCUT2D eigenvalue weighted by Crippen LogP contribution is -2.42. The van der Waals surface area contributed by atoms with Crippen LogP contribution in [0.25, 0.3) is 0 Å². The molecule has 7 nitrogen and oxygen atoms in total. The van der Waals surface area contributed by atoms with Gasteiger partial charge in [0.25, 0.3) is 12.4 Å². The molecule has 0 saturated carbocycles. The minimum absolute atomic E-state index is 0.0750. The highest BCUT2D eigenvalue weighted by Crippen LogP contribution is 2.54. The van der Waals surface area contributed by atoms with Gasteiger partial charge in [0.1, 0.15) is 5.41 Å². The molecule has 1 spiro atoms. The molecular formula is C24H20ClN3O4. The van der Waals surface area contributed by atoms with Crippen molar-refractivity contribution in [2.24, 2.45) is 0 Å². The van der Waals surface area contributed by atoms with Crippen molar-refractivity contribution in [1.29, 1.82) is 0 Å². The van der Waals surface area contributed by atoms with Crippen LogP contribution in [0.15, 0.2) is 73.1 Å². The van der Waals surface area contributed by atoms with E-state index in [-0.39, 0.29) is 18.3 Å². The average Bonchev–Trinajstić information content (AvgIpc) is 3.34. The van der Waals surface area contributed by atoms with E-state index in [0.717, 1.165) is 16.8 Å². The third-order valence-corrected chi connectivity index (χ3v) is 6.15. The fraction of sp³-hybridized carbons (Fsp3) is 0.167. The number of rotatable bonds is 2. The minimum atomic E-state index is -0.839. The molecule has 1 fully saturated rings. The summed E-state index contributed by atoms with van der Waals surface area (Å²) in [5.74, 6) is -0.218. The number of aromatic nitrogens is 1. The Bertz CT molecular complexity index is 1170. The van der Waals surface area contributed by atoms with Crippen LogP contribution in [0.5, 0.6) is 0 Å². The van der Waals surface area contributed by atoms with Gasteiger partial charge < -0.3 is 15.3 Å². The molecule has 2 aliphatic rings. The van der Waals surface area contributed by atoms with E-state index < -0.39 is 11.5 Å². The number of halogens is 1. The van der Waals surface area contributed by atoms with E-state index in [9.17, 15) is 9.59 Å². The quantitative estimate of drug-likeness (QED) is 0.578. The van der Waals surface area contributed by atoms with Gasteiger partial charge in [-0.15, -0.1) is 0 Å². The number of hydrogen-bond acceptors (Lipinski definition) is 4. The Morgan fingerprint density at radius 3 is 2.69 bits per heavy atom. The molecule has 2 aromatic carbocycles. The second-order valence-corrected chi connectivity index (χ2v) is 7.96. The summed E-state index contributed by atoms with van der Waals surface area (Å²) in [6.07, 6.45) is 3.98. The van der Waals surface area contributed by atoms with E-state index in [1.807, 2.05) is 36.4 Å². The van der Waals surface area contributed by atoms with Crippen LogP contribution in [-0.4, -0.2) is 39.8 Å². The van der Waals surface area contributed by atoms with Crippen LogP contribution in [0.1, 0.15) is 33.9 Å². The summed E-state index contributed by atoms with van der Waals surface area (Å²) in [5, 5.41) is 10.4. The third kappa shape index (κ3) is 3.50. The number of amides is 2. The van der Waals surface area contributed by atoms with Crippen LogP contribution in [-0.2, 0) is 15.0 Å². The highest BCUT2D eigenvalue weighted by molar-refractivity contribution is 6.31. The minimum Gasteiger partial charge on any atom is -0.483 e. The molecule has 0 bridgehead atoms. The number of carbonyl (C=O) groups is 3. The zero-order valence-electron chi connectivity index (χ0n) is 16.9. The Balaban J connectivity index is 0.000000775. The van der Waals surface area contributed by atoms with Crippen LogP contribution in [0.2, 0.25) is 5.02 Å². The zero-order valence-corrected chi connectivity index (χ0v) is 17.7. The first-order valence-corrected chi connectivity index (χ1v) is 10.4. The van der Waals surface area contributed by atoms with Gasteiger partial charge in [-0.1, -0.05) is 41.9 Å². The van der Waals surface area contributed by atoms with Gasteiger partial charge in [-0.3, -0.25) is 19.4 Å². The highest BCUT2D eigenvalue weighted by Gasteiger charge is 2.59. The molecule has 2 atom stereocenters. The second kappa shape index (κ2) is 8.80. The molecule has 0 radical (unpaired) electrons. The van der Waals surface area contributed by atoms with Gasteiger partial charge in [-0.2, -0.15) is 0 Å². The van der Waals surface area contributed by atoms with Gasteiger partial charge in [0, 0.05) is 35.2 Å². The fourth-order valence-electron chi connectivity index (χ4n) is 4.69. The summed E-state index contributed by atoms with van der Waals surface area (Å²) in [5.41, 5.74) is 2.25. The van der Waals surface area contributed by atoms with E-state index in [1.165, 1.54) is 0 Å².